The molecule has 4 rings (SSSR count). The van der Waals surface area contributed by atoms with E-state index < -0.39 is 0 Å². The Balaban J connectivity index is 1.34. The predicted octanol–water partition coefficient (Wildman–Crippen LogP) is 3.47. The summed E-state index contributed by atoms with van der Waals surface area (Å²) >= 11 is 1.49. The SMILES string of the molecule is O=C(CN1CCN(C(=O)Cc2cccc3ccccc23)CC1)c1cccs1. The number of piperazine rings is 1. The molecule has 4 nitrogen and oxygen atoms in total. The number of hydrogen-bond donors (Lipinski definition) is 0. The monoisotopic (exact) mass is 378 g/mol. The molecular formula is C22H22N2O2S. The second-order valence-electron chi connectivity index (χ2n) is 6.87. The standard InChI is InChI=1S/C22H22N2O2S/c25-20(21-9-4-14-27-21)16-23-10-12-24(13-11-23)22(26)15-18-7-3-6-17-5-1-2-8-19(17)18/h1-9,14H,10-13,15-16H2. The molecule has 0 bridgehead atoms. The largest absolute Gasteiger partial charge is 0.340 e. The molecule has 138 valence electrons. The third-order valence-corrected chi connectivity index (χ3v) is 6.02. The van der Waals surface area contributed by atoms with Gasteiger partial charge in [0.25, 0.3) is 0 Å². The molecule has 5 heteroatoms. The first-order chi connectivity index (χ1) is 13.2. The zero-order chi connectivity index (χ0) is 18.6. The van der Waals surface area contributed by atoms with Crippen LogP contribution in [0.1, 0.15) is 15.2 Å². The van der Waals surface area contributed by atoms with Gasteiger partial charge in [-0.05, 0) is 27.8 Å². The zero-order valence-electron chi connectivity index (χ0n) is 15.1. The van der Waals surface area contributed by atoms with Gasteiger partial charge in [0.2, 0.25) is 5.91 Å². The van der Waals surface area contributed by atoms with Crippen LogP contribution in [-0.2, 0) is 11.2 Å². The lowest BCUT2D eigenvalue weighted by atomic mass is 10.0. The van der Waals surface area contributed by atoms with Crippen LogP contribution in [0.25, 0.3) is 10.8 Å². The normalized spacial score (nSPS) is 15.2. The molecule has 0 unspecified atom stereocenters. The topological polar surface area (TPSA) is 40.6 Å². The first-order valence-corrected chi connectivity index (χ1v) is 10.1. The van der Waals surface area contributed by atoms with Crippen molar-refractivity contribution in [2.45, 2.75) is 6.42 Å². The van der Waals surface area contributed by atoms with Gasteiger partial charge in [0.15, 0.2) is 5.78 Å². The molecule has 1 aliphatic rings. The van der Waals surface area contributed by atoms with Crippen molar-refractivity contribution in [1.29, 1.82) is 0 Å². The summed E-state index contributed by atoms with van der Waals surface area (Å²) < 4.78 is 0. The van der Waals surface area contributed by atoms with Crippen LogP contribution < -0.4 is 0 Å². The average Bonchev–Trinajstić information content (AvgIpc) is 3.24. The van der Waals surface area contributed by atoms with Crippen LogP contribution >= 0.6 is 11.3 Å². The summed E-state index contributed by atoms with van der Waals surface area (Å²) in [6.45, 7) is 3.30. The minimum atomic E-state index is 0.163. The first kappa shape index (κ1) is 17.9. The number of ketones is 1. The molecule has 1 saturated heterocycles. The Hall–Kier alpha value is -2.50. The molecule has 0 spiro atoms. The summed E-state index contributed by atoms with van der Waals surface area (Å²) in [5.74, 6) is 0.330. The van der Waals surface area contributed by atoms with Gasteiger partial charge in [-0.2, -0.15) is 0 Å². The first-order valence-electron chi connectivity index (χ1n) is 9.24. The molecule has 0 radical (unpaired) electrons. The number of fused-ring (bicyclic) bond motifs is 1. The highest BCUT2D eigenvalue weighted by atomic mass is 32.1. The third kappa shape index (κ3) is 4.10. The Morgan fingerprint density at radius 3 is 2.44 bits per heavy atom. The fourth-order valence-electron chi connectivity index (χ4n) is 3.59. The van der Waals surface area contributed by atoms with Crippen molar-refractivity contribution >= 4 is 33.8 Å². The van der Waals surface area contributed by atoms with E-state index in [1.807, 2.05) is 46.7 Å². The molecule has 1 fully saturated rings. The van der Waals surface area contributed by atoms with Gasteiger partial charge >= 0.3 is 0 Å². The number of carbonyl (C=O) groups excluding carboxylic acids is 2. The number of hydrogen-bond acceptors (Lipinski definition) is 4. The number of nitrogens with zero attached hydrogens (tertiary/aromatic N) is 2. The minimum absolute atomic E-state index is 0.163. The van der Waals surface area contributed by atoms with Gasteiger partial charge in [0, 0.05) is 26.2 Å². The summed E-state index contributed by atoms with van der Waals surface area (Å²) in [6.07, 6.45) is 0.426. The summed E-state index contributed by atoms with van der Waals surface area (Å²) in [5, 5.41) is 4.24. The van der Waals surface area contributed by atoms with Crippen molar-refractivity contribution in [3.63, 3.8) is 0 Å². The number of Topliss-reactive ketones (excluding diaryl/α,β-unsaturated/α-hetero) is 1. The average molecular weight is 378 g/mol. The van der Waals surface area contributed by atoms with Gasteiger partial charge in [-0.15, -0.1) is 11.3 Å². The van der Waals surface area contributed by atoms with Crippen LogP contribution in [0.15, 0.2) is 60.0 Å². The van der Waals surface area contributed by atoms with Gasteiger partial charge < -0.3 is 4.90 Å². The van der Waals surface area contributed by atoms with Crippen molar-refractivity contribution in [2.24, 2.45) is 0 Å². The van der Waals surface area contributed by atoms with E-state index in [9.17, 15) is 9.59 Å². The van der Waals surface area contributed by atoms with Crippen LogP contribution in [0, 0.1) is 0 Å². The van der Waals surface area contributed by atoms with Crippen LogP contribution in [0.3, 0.4) is 0 Å². The molecule has 1 amide bonds. The maximum atomic E-state index is 12.8. The van der Waals surface area contributed by atoms with Crippen molar-refractivity contribution in [2.75, 3.05) is 32.7 Å². The maximum absolute atomic E-state index is 12.8. The molecular weight excluding hydrogens is 356 g/mol. The molecule has 0 atom stereocenters. The molecule has 0 saturated carbocycles. The fraction of sp³-hybridized carbons (Fsp3) is 0.273. The number of amides is 1. The van der Waals surface area contributed by atoms with Crippen molar-refractivity contribution in [3.8, 4) is 0 Å². The molecule has 1 aliphatic heterocycles. The van der Waals surface area contributed by atoms with E-state index in [1.165, 1.54) is 16.7 Å². The van der Waals surface area contributed by atoms with E-state index >= 15 is 0 Å². The zero-order valence-corrected chi connectivity index (χ0v) is 16.0. The molecule has 1 aromatic heterocycles. The summed E-state index contributed by atoms with van der Waals surface area (Å²) in [7, 11) is 0. The predicted molar refractivity (Wildman–Crippen MR) is 109 cm³/mol. The molecule has 2 aromatic carbocycles. The third-order valence-electron chi connectivity index (χ3n) is 5.11. The maximum Gasteiger partial charge on any atom is 0.227 e. The second kappa shape index (κ2) is 8.03. The fourth-order valence-corrected chi connectivity index (χ4v) is 4.25. The number of thiophene rings is 1. The van der Waals surface area contributed by atoms with E-state index in [0.717, 1.165) is 28.9 Å². The smallest absolute Gasteiger partial charge is 0.227 e. The highest BCUT2D eigenvalue weighted by Crippen LogP contribution is 2.20. The van der Waals surface area contributed by atoms with E-state index in [1.54, 1.807) is 0 Å². The quantitative estimate of drug-likeness (QED) is 0.639. The Bertz CT molecular complexity index is 939. The Morgan fingerprint density at radius 1 is 0.889 bits per heavy atom. The summed E-state index contributed by atoms with van der Waals surface area (Å²) in [6, 6.07) is 18.1. The molecule has 2 heterocycles. The number of rotatable bonds is 5. The van der Waals surface area contributed by atoms with Gasteiger partial charge in [-0.3, -0.25) is 14.5 Å². The van der Waals surface area contributed by atoms with E-state index in [0.29, 0.717) is 26.1 Å². The number of carbonyl (C=O) groups is 2. The Labute approximate surface area is 163 Å². The van der Waals surface area contributed by atoms with Gasteiger partial charge in [0.05, 0.1) is 17.8 Å². The van der Waals surface area contributed by atoms with Crippen LogP contribution in [0.2, 0.25) is 0 Å². The Kier molecular flexibility index (Phi) is 5.32. The van der Waals surface area contributed by atoms with Crippen molar-refractivity contribution in [3.05, 3.63) is 70.4 Å². The van der Waals surface area contributed by atoms with Gasteiger partial charge in [0.1, 0.15) is 0 Å². The minimum Gasteiger partial charge on any atom is -0.340 e. The summed E-state index contributed by atoms with van der Waals surface area (Å²) in [5.41, 5.74) is 1.08. The Morgan fingerprint density at radius 2 is 1.67 bits per heavy atom. The number of benzene rings is 2. The lowest BCUT2D eigenvalue weighted by molar-refractivity contribution is -0.132. The lowest BCUT2D eigenvalue weighted by Gasteiger charge is -2.34. The van der Waals surface area contributed by atoms with Crippen molar-refractivity contribution in [1.82, 2.24) is 9.80 Å². The highest BCUT2D eigenvalue weighted by Gasteiger charge is 2.23. The van der Waals surface area contributed by atoms with Gasteiger partial charge in [-0.1, -0.05) is 48.5 Å². The van der Waals surface area contributed by atoms with Crippen LogP contribution in [-0.4, -0.2) is 54.2 Å². The van der Waals surface area contributed by atoms with Crippen LogP contribution in [0.5, 0.6) is 0 Å². The lowest BCUT2D eigenvalue weighted by Crippen LogP contribution is -2.50. The van der Waals surface area contributed by atoms with Crippen molar-refractivity contribution < 1.29 is 9.59 Å². The molecule has 27 heavy (non-hydrogen) atoms. The van der Waals surface area contributed by atoms with E-state index in [-0.39, 0.29) is 11.7 Å². The van der Waals surface area contributed by atoms with E-state index in [4.69, 9.17) is 0 Å². The molecule has 0 N–H and O–H groups in total. The molecule has 0 aliphatic carbocycles. The molecule has 3 aromatic rings. The summed E-state index contributed by atoms with van der Waals surface area (Å²) in [4.78, 5) is 29.9. The van der Waals surface area contributed by atoms with Gasteiger partial charge in [-0.25, -0.2) is 0 Å². The van der Waals surface area contributed by atoms with E-state index in [2.05, 4.69) is 23.1 Å². The van der Waals surface area contributed by atoms with Crippen LogP contribution in [0.4, 0.5) is 0 Å². The highest BCUT2D eigenvalue weighted by molar-refractivity contribution is 7.12. The second-order valence-corrected chi connectivity index (χ2v) is 7.82.